The summed E-state index contributed by atoms with van der Waals surface area (Å²) < 4.78 is 16.0. The van der Waals surface area contributed by atoms with Gasteiger partial charge in [-0.3, -0.25) is 0 Å². The summed E-state index contributed by atoms with van der Waals surface area (Å²) in [4.78, 5) is 14.2. The Hall–Kier alpha value is -3.21. The number of carbonyl (C=O) groups is 1. The molecule has 0 aromatic heterocycles. The molecule has 0 saturated heterocycles. The number of methoxy groups -OCH3 is 2. The van der Waals surface area contributed by atoms with Crippen LogP contribution in [0.5, 0.6) is 11.5 Å². The molecule has 5 nitrogen and oxygen atoms in total. The standard InChI is InChI=1S/C21H21NO4/c1-22(2)17-8-5-14(6-9-17)11-16-13-19(26-21(16)23)15-7-10-18(24-3)20(12-15)25-4/h5-13H,1-4H3. The molecule has 2 aromatic carbocycles. The maximum Gasteiger partial charge on any atom is 0.343 e. The minimum Gasteiger partial charge on any atom is -0.493 e. The van der Waals surface area contributed by atoms with E-state index in [0.29, 0.717) is 22.8 Å². The summed E-state index contributed by atoms with van der Waals surface area (Å²) >= 11 is 0. The van der Waals surface area contributed by atoms with E-state index >= 15 is 0 Å². The van der Waals surface area contributed by atoms with E-state index in [-0.39, 0.29) is 5.97 Å². The van der Waals surface area contributed by atoms with Crippen molar-refractivity contribution in [1.82, 2.24) is 0 Å². The minimum absolute atomic E-state index is 0.369. The number of carbonyl (C=O) groups excluding carboxylic acids is 1. The Morgan fingerprint density at radius 1 is 0.962 bits per heavy atom. The van der Waals surface area contributed by atoms with Crippen LogP contribution >= 0.6 is 0 Å². The third kappa shape index (κ3) is 3.57. The molecule has 0 fully saturated rings. The molecule has 1 aliphatic rings. The van der Waals surface area contributed by atoms with Crippen molar-refractivity contribution in [1.29, 1.82) is 0 Å². The van der Waals surface area contributed by atoms with Crippen molar-refractivity contribution in [3.05, 3.63) is 65.2 Å². The Morgan fingerprint density at radius 2 is 1.65 bits per heavy atom. The molecule has 3 rings (SSSR count). The summed E-state index contributed by atoms with van der Waals surface area (Å²) in [6.45, 7) is 0. The molecule has 0 radical (unpaired) electrons. The van der Waals surface area contributed by atoms with Crippen molar-refractivity contribution < 1.29 is 19.0 Å². The van der Waals surface area contributed by atoms with E-state index in [0.717, 1.165) is 16.8 Å². The number of esters is 1. The topological polar surface area (TPSA) is 48.0 Å². The van der Waals surface area contributed by atoms with Crippen molar-refractivity contribution in [3.8, 4) is 11.5 Å². The van der Waals surface area contributed by atoms with Gasteiger partial charge in [0.1, 0.15) is 5.76 Å². The molecule has 0 aliphatic carbocycles. The first-order valence-electron chi connectivity index (χ1n) is 8.17. The molecule has 0 amide bonds. The summed E-state index contributed by atoms with van der Waals surface area (Å²) in [6.07, 6.45) is 3.55. The highest BCUT2D eigenvalue weighted by atomic mass is 16.5. The predicted octanol–water partition coefficient (Wildman–Crippen LogP) is 3.75. The van der Waals surface area contributed by atoms with E-state index in [4.69, 9.17) is 14.2 Å². The summed E-state index contributed by atoms with van der Waals surface area (Å²) in [5.74, 6) is 1.33. The van der Waals surface area contributed by atoms with E-state index in [9.17, 15) is 4.79 Å². The minimum atomic E-state index is -0.369. The number of nitrogens with zero attached hydrogens (tertiary/aromatic N) is 1. The summed E-state index contributed by atoms with van der Waals surface area (Å²) in [6, 6.07) is 13.3. The summed E-state index contributed by atoms with van der Waals surface area (Å²) in [5.41, 5.74) is 3.30. The zero-order valence-electron chi connectivity index (χ0n) is 15.3. The Bertz CT molecular complexity index is 879. The van der Waals surface area contributed by atoms with Crippen LogP contribution in [0.15, 0.2) is 54.1 Å². The van der Waals surface area contributed by atoms with Crippen molar-refractivity contribution in [2.45, 2.75) is 0 Å². The quantitative estimate of drug-likeness (QED) is 0.606. The van der Waals surface area contributed by atoms with E-state index in [2.05, 4.69) is 0 Å². The molecular weight excluding hydrogens is 330 g/mol. The number of rotatable bonds is 5. The number of hydrogen-bond acceptors (Lipinski definition) is 5. The van der Waals surface area contributed by atoms with Crippen LogP contribution in [0.4, 0.5) is 5.69 Å². The van der Waals surface area contributed by atoms with Gasteiger partial charge in [0.15, 0.2) is 11.5 Å². The van der Waals surface area contributed by atoms with Gasteiger partial charge in [0, 0.05) is 25.3 Å². The third-order valence-corrected chi connectivity index (χ3v) is 4.12. The second-order valence-electron chi connectivity index (χ2n) is 6.05. The number of benzene rings is 2. The van der Waals surface area contributed by atoms with E-state index in [1.807, 2.05) is 55.4 Å². The van der Waals surface area contributed by atoms with Crippen molar-refractivity contribution in [3.63, 3.8) is 0 Å². The fourth-order valence-electron chi connectivity index (χ4n) is 2.67. The Kier molecular flexibility index (Phi) is 4.98. The molecule has 1 aliphatic heterocycles. The highest BCUT2D eigenvalue weighted by Crippen LogP contribution is 2.34. The fourth-order valence-corrected chi connectivity index (χ4v) is 2.67. The van der Waals surface area contributed by atoms with Gasteiger partial charge in [0.05, 0.1) is 19.8 Å². The van der Waals surface area contributed by atoms with Gasteiger partial charge < -0.3 is 19.1 Å². The smallest absolute Gasteiger partial charge is 0.343 e. The molecule has 134 valence electrons. The molecular formula is C21H21NO4. The third-order valence-electron chi connectivity index (χ3n) is 4.12. The first-order chi connectivity index (χ1) is 12.5. The monoisotopic (exact) mass is 351 g/mol. The van der Waals surface area contributed by atoms with Crippen LogP contribution < -0.4 is 14.4 Å². The Balaban J connectivity index is 1.89. The zero-order valence-corrected chi connectivity index (χ0v) is 15.3. The van der Waals surface area contributed by atoms with Crippen LogP contribution in [0.3, 0.4) is 0 Å². The van der Waals surface area contributed by atoms with Crippen molar-refractivity contribution in [2.24, 2.45) is 0 Å². The number of cyclic esters (lactones) is 1. The maximum absolute atomic E-state index is 12.2. The molecule has 0 bridgehead atoms. The Labute approximate surface area is 153 Å². The molecule has 0 atom stereocenters. The second kappa shape index (κ2) is 7.35. The van der Waals surface area contributed by atoms with Crippen molar-refractivity contribution >= 4 is 23.5 Å². The van der Waals surface area contributed by atoms with Gasteiger partial charge in [-0.15, -0.1) is 0 Å². The summed E-state index contributed by atoms with van der Waals surface area (Å²) in [5, 5.41) is 0. The lowest BCUT2D eigenvalue weighted by Crippen LogP contribution is -2.07. The highest BCUT2D eigenvalue weighted by molar-refractivity contribution is 6.05. The predicted molar refractivity (Wildman–Crippen MR) is 102 cm³/mol. The van der Waals surface area contributed by atoms with Crippen LogP contribution in [-0.2, 0) is 9.53 Å². The van der Waals surface area contributed by atoms with Crippen LogP contribution in [0, 0.1) is 0 Å². The fraction of sp³-hybridized carbons (Fsp3) is 0.190. The maximum atomic E-state index is 12.2. The van der Waals surface area contributed by atoms with E-state index < -0.39 is 0 Å². The molecule has 2 aromatic rings. The Morgan fingerprint density at radius 3 is 2.27 bits per heavy atom. The number of hydrogen-bond donors (Lipinski definition) is 0. The van der Waals surface area contributed by atoms with Gasteiger partial charge in [-0.1, -0.05) is 12.1 Å². The lowest BCUT2D eigenvalue weighted by Gasteiger charge is -2.11. The van der Waals surface area contributed by atoms with Crippen LogP contribution in [0.25, 0.3) is 11.8 Å². The molecule has 5 heteroatoms. The van der Waals surface area contributed by atoms with Crippen LogP contribution in [0.1, 0.15) is 11.1 Å². The summed E-state index contributed by atoms with van der Waals surface area (Å²) in [7, 11) is 7.12. The molecule has 0 N–H and O–H groups in total. The van der Waals surface area contributed by atoms with Gasteiger partial charge in [0.25, 0.3) is 0 Å². The first-order valence-corrected chi connectivity index (χ1v) is 8.17. The SMILES string of the molecule is COc1ccc(C2=CC(=Cc3ccc(N(C)C)cc3)C(=O)O2)cc1OC. The average Bonchev–Trinajstić information content (AvgIpc) is 3.02. The average molecular weight is 351 g/mol. The van der Waals surface area contributed by atoms with Gasteiger partial charge in [0.2, 0.25) is 0 Å². The van der Waals surface area contributed by atoms with Gasteiger partial charge in [-0.25, -0.2) is 4.79 Å². The first kappa shape index (κ1) is 17.6. The normalized spacial score (nSPS) is 14.8. The molecule has 0 unspecified atom stereocenters. The molecule has 1 heterocycles. The van der Waals surface area contributed by atoms with Crippen LogP contribution in [0.2, 0.25) is 0 Å². The molecule has 0 saturated carbocycles. The van der Waals surface area contributed by atoms with Crippen molar-refractivity contribution in [2.75, 3.05) is 33.2 Å². The van der Waals surface area contributed by atoms with Gasteiger partial charge in [-0.05, 0) is 48.0 Å². The lowest BCUT2D eigenvalue weighted by molar-refractivity contribution is -0.130. The van der Waals surface area contributed by atoms with Gasteiger partial charge >= 0.3 is 5.97 Å². The largest absolute Gasteiger partial charge is 0.493 e. The number of anilines is 1. The zero-order chi connectivity index (χ0) is 18.7. The van der Waals surface area contributed by atoms with E-state index in [1.165, 1.54) is 0 Å². The van der Waals surface area contributed by atoms with Crippen LogP contribution in [-0.4, -0.2) is 34.3 Å². The second-order valence-corrected chi connectivity index (χ2v) is 6.05. The lowest BCUT2D eigenvalue weighted by atomic mass is 10.1. The molecule has 0 spiro atoms. The van der Waals surface area contributed by atoms with E-state index in [1.54, 1.807) is 32.4 Å². The number of ether oxygens (including phenoxy) is 3. The highest BCUT2D eigenvalue weighted by Gasteiger charge is 2.22. The van der Waals surface area contributed by atoms with Gasteiger partial charge in [-0.2, -0.15) is 0 Å². The molecule has 26 heavy (non-hydrogen) atoms.